The van der Waals surface area contributed by atoms with Gasteiger partial charge in [0.1, 0.15) is 11.5 Å². The van der Waals surface area contributed by atoms with Gasteiger partial charge in [-0.2, -0.15) is 0 Å². The van der Waals surface area contributed by atoms with Crippen LogP contribution < -0.4 is 0 Å². The van der Waals surface area contributed by atoms with E-state index in [1.54, 1.807) is 0 Å². The molecule has 2 aromatic rings. The molecule has 0 spiro atoms. The molecular formula is C24H30N2O4. The maximum Gasteiger partial charge on any atom is 0.314 e. The summed E-state index contributed by atoms with van der Waals surface area (Å²) in [4.78, 5) is 27.8. The molecular weight excluding hydrogens is 380 g/mol. The number of carbonyl (C=O) groups excluding carboxylic acids is 2. The number of hydrogen-bond acceptors (Lipinski definition) is 5. The second kappa shape index (κ2) is 8.25. The Hall–Kier alpha value is -2.63. The highest BCUT2D eigenvalue weighted by molar-refractivity contribution is 5.84. The first-order valence-corrected chi connectivity index (χ1v) is 10.9. The third kappa shape index (κ3) is 4.00. The summed E-state index contributed by atoms with van der Waals surface area (Å²) in [6.07, 6.45) is 2.79. The van der Waals surface area contributed by atoms with Crippen LogP contribution in [0.4, 0.5) is 0 Å². The van der Waals surface area contributed by atoms with E-state index in [9.17, 15) is 9.59 Å². The van der Waals surface area contributed by atoms with Crippen LogP contribution in [0, 0.1) is 24.2 Å². The molecule has 0 N–H and O–H groups in total. The van der Waals surface area contributed by atoms with Gasteiger partial charge < -0.3 is 14.2 Å². The van der Waals surface area contributed by atoms with Gasteiger partial charge in [0.15, 0.2) is 0 Å². The smallest absolute Gasteiger partial charge is 0.314 e. The minimum absolute atomic E-state index is 0.112. The van der Waals surface area contributed by atoms with Crippen molar-refractivity contribution in [2.45, 2.75) is 46.5 Å². The maximum absolute atomic E-state index is 13.1. The van der Waals surface area contributed by atoms with E-state index >= 15 is 0 Å². The molecule has 1 aromatic heterocycles. The number of likely N-dealkylation sites (tertiary alicyclic amines) is 1. The fraction of sp³-hybridized carbons (Fsp3) is 0.542. The average molecular weight is 411 g/mol. The third-order valence-electron chi connectivity index (χ3n) is 6.52. The summed E-state index contributed by atoms with van der Waals surface area (Å²) in [5.41, 5.74) is 2.11. The number of nitrogens with zero attached hydrogens (tertiary/aromatic N) is 2. The molecule has 30 heavy (non-hydrogen) atoms. The van der Waals surface area contributed by atoms with Gasteiger partial charge in [-0.05, 0) is 44.6 Å². The van der Waals surface area contributed by atoms with E-state index in [0.29, 0.717) is 44.2 Å². The lowest BCUT2D eigenvalue weighted by Gasteiger charge is -2.40. The van der Waals surface area contributed by atoms with Gasteiger partial charge in [0.25, 0.3) is 0 Å². The standard InChI is InChI=1S/C24H30N2O4/c1-4-29-23(28)24(10-7-11-26(15-24)22(27)20-12-17(20)3)14-18-13-21(25-30-18)19-9-6-5-8-16(19)2/h5-6,8-9,13,17,20H,4,7,10-12,14-15H2,1-3H3/t17-,20+,24-/m0/s1. The number of aromatic nitrogens is 1. The van der Waals surface area contributed by atoms with Crippen LogP contribution in [-0.4, -0.2) is 41.6 Å². The molecule has 1 aromatic carbocycles. The minimum atomic E-state index is -0.787. The summed E-state index contributed by atoms with van der Waals surface area (Å²) in [6, 6.07) is 9.92. The summed E-state index contributed by atoms with van der Waals surface area (Å²) >= 11 is 0. The lowest BCUT2D eigenvalue weighted by Crippen LogP contribution is -2.52. The molecule has 160 valence electrons. The Morgan fingerprint density at radius 1 is 1.33 bits per heavy atom. The average Bonchev–Trinajstić information content (AvgIpc) is 3.29. The second-order valence-corrected chi connectivity index (χ2v) is 8.85. The zero-order chi connectivity index (χ0) is 21.3. The maximum atomic E-state index is 13.1. The lowest BCUT2D eigenvalue weighted by atomic mass is 9.76. The minimum Gasteiger partial charge on any atom is -0.466 e. The number of piperidine rings is 1. The summed E-state index contributed by atoms with van der Waals surface area (Å²) in [6.45, 7) is 7.36. The SMILES string of the molecule is CCOC(=O)[C@]1(Cc2cc(-c3ccccc3C)no2)CCCN(C(=O)[C@@H]2C[C@@H]2C)C1. The molecule has 2 fully saturated rings. The van der Waals surface area contributed by atoms with E-state index in [1.807, 2.05) is 49.1 Å². The molecule has 1 saturated heterocycles. The van der Waals surface area contributed by atoms with Crippen LogP contribution in [0.5, 0.6) is 0 Å². The molecule has 1 aliphatic carbocycles. The fourth-order valence-corrected chi connectivity index (χ4v) is 4.60. The normalized spacial score (nSPS) is 25.8. The van der Waals surface area contributed by atoms with Gasteiger partial charge in [-0.1, -0.05) is 36.3 Å². The highest BCUT2D eigenvalue weighted by Crippen LogP contribution is 2.42. The molecule has 2 heterocycles. The molecule has 0 unspecified atom stereocenters. The molecule has 1 saturated carbocycles. The van der Waals surface area contributed by atoms with Gasteiger partial charge >= 0.3 is 5.97 Å². The van der Waals surface area contributed by atoms with Crippen molar-refractivity contribution in [2.75, 3.05) is 19.7 Å². The Morgan fingerprint density at radius 3 is 2.80 bits per heavy atom. The van der Waals surface area contributed by atoms with Gasteiger partial charge in [-0.3, -0.25) is 9.59 Å². The summed E-state index contributed by atoms with van der Waals surface area (Å²) in [5.74, 6) is 1.13. The number of rotatable bonds is 6. The monoisotopic (exact) mass is 410 g/mol. The van der Waals surface area contributed by atoms with Gasteiger partial charge in [0.05, 0.1) is 12.0 Å². The van der Waals surface area contributed by atoms with Crippen molar-refractivity contribution in [2.24, 2.45) is 17.3 Å². The van der Waals surface area contributed by atoms with E-state index in [4.69, 9.17) is 9.26 Å². The fourth-order valence-electron chi connectivity index (χ4n) is 4.60. The topological polar surface area (TPSA) is 72.6 Å². The number of carbonyl (C=O) groups is 2. The van der Waals surface area contributed by atoms with Crippen LogP contribution >= 0.6 is 0 Å². The number of aryl methyl sites for hydroxylation is 1. The van der Waals surface area contributed by atoms with Crippen molar-refractivity contribution < 1.29 is 18.8 Å². The van der Waals surface area contributed by atoms with E-state index in [2.05, 4.69) is 12.1 Å². The summed E-state index contributed by atoms with van der Waals surface area (Å²) in [5, 5.41) is 4.24. The van der Waals surface area contributed by atoms with E-state index in [0.717, 1.165) is 29.7 Å². The van der Waals surface area contributed by atoms with Crippen molar-refractivity contribution in [3.63, 3.8) is 0 Å². The van der Waals surface area contributed by atoms with Crippen molar-refractivity contribution in [3.05, 3.63) is 41.7 Å². The quantitative estimate of drug-likeness (QED) is 0.673. The molecule has 6 heteroatoms. The molecule has 4 rings (SSSR count). The molecule has 6 nitrogen and oxygen atoms in total. The van der Waals surface area contributed by atoms with Crippen LogP contribution in [0.2, 0.25) is 0 Å². The second-order valence-electron chi connectivity index (χ2n) is 8.85. The van der Waals surface area contributed by atoms with E-state index in [1.165, 1.54) is 0 Å². The number of amides is 1. The summed E-state index contributed by atoms with van der Waals surface area (Å²) < 4.78 is 11.1. The third-order valence-corrected chi connectivity index (χ3v) is 6.52. The predicted molar refractivity (Wildman–Crippen MR) is 113 cm³/mol. The molecule has 3 atom stereocenters. The Bertz CT molecular complexity index is 937. The highest BCUT2D eigenvalue weighted by atomic mass is 16.5. The Morgan fingerprint density at radius 2 is 2.10 bits per heavy atom. The first kappa shape index (κ1) is 20.6. The van der Waals surface area contributed by atoms with Crippen molar-refractivity contribution in [1.82, 2.24) is 10.1 Å². The van der Waals surface area contributed by atoms with Crippen LogP contribution in [0.15, 0.2) is 34.9 Å². The van der Waals surface area contributed by atoms with Crippen LogP contribution in [0.1, 0.15) is 44.4 Å². The summed E-state index contributed by atoms with van der Waals surface area (Å²) in [7, 11) is 0. The number of benzene rings is 1. The van der Waals surface area contributed by atoms with Crippen molar-refractivity contribution >= 4 is 11.9 Å². The number of ether oxygens (including phenoxy) is 1. The molecule has 0 radical (unpaired) electrons. The first-order chi connectivity index (χ1) is 14.4. The van der Waals surface area contributed by atoms with E-state index in [-0.39, 0.29) is 17.8 Å². The predicted octanol–water partition coefficient (Wildman–Crippen LogP) is 4.02. The van der Waals surface area contributed by atoms with Crippen molar-refractivity contribution in [3.8, 4) is 11.3 Å². The van der Waals surface area contributed by atoms with Crippen molar-refractivity contribution in [1.29, 1.82) is 0 Å². The molecule has 2 aliphatic rings. The van der Waals surface area contributed by atoms with Crippen LogP contribution in [0.3, 0.4) is 0 Å². The zero-order valence-corrected chi connectivity index (χ0v) is 18.0. The van der Waals surface area contributed by atoms with E-state index < -0.39 is 5.41 Å². The Kier molecular flexibility index (Phi) is 5.67. The number of esters is 1. The van der Waals surface area contributed by atoms with Gasteiger partial charge in [-0.25, -0.2) is 0 Å². The highest BCUT2D eigenvalue weighted by Gasteiger charge is 2.49. The Labute approximate surface area is 177 Å². The Balaban J connectivity index is 1.58. The number of hydrogen-bond donors (Lipinski definition) is 0. The molecule has 0 bridgehead atoms. The van der Waals surface area contributed by atoms with Gasteiger partial charge in [-0.15, -0.1) is 0 Å². The largest absolute Gasteiger partial charge is 0.466 e. The molecule has 1 aliphatic heterocycles. The van der Waals surface area contributed by atoms with Gasteiger partial charge in [0.2, 0.25) is 5.91 Å². The zero-order valence-electron chi connectivity index (χ0n) is 18.0. The van der Waals surface area contributed by atoms with Crippen LogP contribution in [-0.2, 0) is 20.7 Å². The van der Waals surface area contributed by atoms with Crippen LogP contribution in [0.25, 0.3) is 11.3 Å². The lowest BCUT2D eigenvalue weighted by molar-refractivity contribution is -0.161. The van der Waals surface area contributed by atoms with Gasteiger partial charge in [0, 0.05) is 37.1 Å². The first-order valence-electron chi connectivity index (χ1n) is 10.9. The molecule has 1 amide bonds.